The second-order valence-electron chi connectivity index (χ2n) is 5.86. The summed E-state index contributed by atoms with van der Waals surface area (Å²) >= 11 is 1.17. The molecule has 0 aliphatic carbocycles. The lowest BCUT2D eigenvalue weighted by atomic mass is 10.1. The third kappa shape index (κ3) is 3.57. The van der Waals surface area contributed by atoms with E-state index in [4.69, 9.17) is 0 Å². The molecule has 1 aliphatic rings. The molecule has 7 heteroatoms. The Morgan fingerprint density at radius 3 is 2.65 bits per heavy atom. The monoisotopic (exact) mass is 370 g/mol. The van der Waals surface area contributed by atoms with Crippen molar-refractivity contribution in [3.8, 4) is 0 Å². The van der Waals surface area contributed by atoms with Crippen molar-refractivity contribution in [1.82, 2.24) is 5.32 Å². The van der Waals surface area contributed by atoms with Crippen molar-refractivity contribution in [3.05, 3.63) is 53.1 Å². The first-order valence-corrected chi connectivity index (χ1v) is 9.10. The minimum Gasteiger partial charge on any atom is -0.478 e. The highest BCUT2D eigenvalue weighted by atomic mass is 32.2. The lowest BCUT2D eigenvalue weighted by molar-refractivity contribution is 0.0692. The van der Waals surface area contributed by atoms with E-state index in [1.807, 2.05) is 0 Å². The van der Waals surface area contributed by atoms with Crippen molar-refractivity contribution >= 4 is 35.2 Å². The number of carbonyl (C=O) groups excluding carboxylic acids is 2. The van der Waals surface area contributed by atoms with Crippen LogP contribution in [0.15, 0.2) is 46.2 Å². The Morgan fingerprint density at radius 1 is 1.15 bits per heavy atom. The van der Waals surface area contributed by atoms with Gasteiger partial charge >= 0.3 is 5.97 Å². The molecule has 0 radical (unpaired) electrons. The van der Waals surface area contributed by atoms with Gasteiger partial charge in [-0.05, 0) is 30.7 Å². The van der Waals surface area contributed by atoms with Crippen LogP contribution in [0.5, 0.6) is 0 Å². The second kappa shape index (κ2) is 7.61. The second-order valence-corrected chi connectivity index (χ2v) is 6.95. The molecular weight excluding hydrogens is 352 g/mol. The van der Waals surface area contributed by atoms with E-state index in [9.17, 15) is 19.5 Å². The summed E-state index contributed by atoms with van der Waals surface area (Å²) in [6, 6.07) is 10.0. The molecule has 0 saturated heterocycles. The topological polar surface area (TPSA) is 95.5 Å². The molecule has 1 heterocycles. The van der Waals surface area contributed by atoms with Crippen molar-refractivity contribution in [2.45, 2.75) is 29.6 Å². The fraction of sp³-hybridized carbons (Fsp3) is 0.211. The Morgan fingerprint density at radius 2 is 1.92 bits per heavy atom. The summed E-state index contributed by atoms with van der Waals surface area (Å²) in [6.45, 7) is 2.83. The molecule has 3 rings (SSSR count). The average Bonchev–Trinajstić information content (AvgIpc) is 2.90. The smallest absolute Gasteiger partial charge is 0.336 e. The van der Waals surface area contributed by atoms with Gasteiger partial charge in [0.1, 0.15) is 0 Å². The fourth-order valence-corrected chi connectivity index (χ4v) is 3.84. The van der Waals surface area contributed by atoms with Crippen LogP contribution in [0.2, 0.25) is 0 Å². The molecule has 134 valence electrons. The van der Waals surface area contributed by atoms with Gasteiger partial charge in [0, 0.05) is 22.0 Å². The third-order valence-electron chi connectivity index (χ3n) is 4.00. The van der Waals surface area contributed by atoms with Crippen LogP contribution in [0.25, 0.3) is 0 Å². The predicted molar refractivity (Wildman–Crippen MR) is 99.2 cm³/mol. The number of imide groups is 1. The van der Waals surface area contributed by atoms with Gasteiger partial charge in [0.2, 0.25) is 0 Å². The maximum absolute atomic E-state index is 12.2. The van der Waals surface area contributed by atoms with E-state index >= 15 is 0 Å². The molecule has 0 aromatic heterocycles. The molecule has 2 amide bonds. The summed E-state index contributed by atoms with van der Waals surface area (Å²) in [7, 11) is 0. The van der Waals surface area contributed by atoms with Crippen LogP contribution >= 0.6 is 11.8 Å². The fourth-order valence-electron chi connectivity index (χ4n) is 2.70. The van der Waals surface area contributed by atoms with Gasteiger partial charge in [-0.2, -0.15) is 0 Å². The number of amides is 2. The number of nitrogens with one attached hydrogen (secondary N) is 2. The van der Waals surface area contributed by atoms with E-state index in [1.54, 1.807) is 30.3 Å². The van der Waals surface area contributed by atoms with Gasteiger partial charge in [0.15, 0.2) is 0 Å². The molecule has 2 aromatic carbocycles. The van der Waals surface area contributed by atoms with E-state index in [0.717, 1.165) is 25.1 Å². The lowest BCUT2D eigenvalue weighted by Gasteiger charge is -2.12. The molecule has 6 nitrogen and oxygen atoms in total. The van der Waals surface area contributed by atoms with E-state index < -0.39 is 17.8 Å². The molecule has 0 atom stereocenters. The largest absolute Gasteiger partial charge is 0.478 e. The molecule has 1 aliphatic heterocycles. The van der Waals surface area contributed by atoms with Crippen LogP contribution in [-0.2, 0) is 0 Å². The molecule has 2 aromatic rings. The number of carboxylic acid groups (broad SMARTS) is 1. The van der Waals surface area contributed by atoms with Gasteiger partial charge in [-0.3, -0.25) is 14.9 Å². The normalized spacial score (nSPS) is 12.7. The highest BCUT2D eigenvalue weighted by Gasteiger charge is 2.31. The summed E-state index contributed by atoms with van der Waals surface area (Å²) in [5.41, 5.74) is 1.49. The summed E-state index contributed by atoms with van der Waals surface area (Å²) in [6.07, 6.45) is 2.01. The average molecular weight is 370 g/mol. The van der Waals surface area contributed by atoms with Gasteiger partial charge < -0.3 is 10.4 Å². The standard InChI is InChI=1S/C19H18N2O4S/c1-2-3-8-20-11-9-13-16(18(23)21-17(13)22)15(10-11)26-14-7-5-4-6-12(14)19(24)25/h4-7,9-10,20H,2-3,8H2,1H3,(H,24,25)(H,21,22,23). The Bertz CT molecular complexity index is 895. The van der Waals surface area contributed by atoms with Crippen molar-refractivity contribution in [2.75, 3.05) is 11.9 Å². The maximum atomic E-state index is 12.2. The number of carboxylic acids is 1. The van der Waals surface area contributed by atoms with Crippen LogP contribution in [0, 0.1) is 0 Å². The Labute approximate surface area is 155 Å². The molecule has 0 fully saturated rings. The molecule has 3 N–H and O–H groups in total. The predicted octanol–water partition coefficient (Wildman–Crippen LogP) is 3.63. The number of hydrogen-bond donors (Lipinski definition) is 3. The minimum atomic E-state index is -1.04. The van der Waals surface area contributed by atoms with E-state index in [1.165, 1.54) is 17.8 Å². The number of anilines is 1. The molecule has 26 heavy (non-hydrogen) atoms. The van der Waals surface area contributed by atoms with Gasteiger partial charge in [0.05, 0.1) is 16.7 Å². The number of carbonyl (C=O) groups is 3. The van der Waals surface area contributed by atoms with E-state index in [0.29, 0.717) is 20.9 Å². The van der Waals surface area contributed by atoms with Crippen molar-refractivity contribution in [2.24, 2.45) is 0 Å². The lowest BCUT2D eigenvalue weighted by Crippen LogP contribution is -2.20. The molecular formula is C19H18N2O4S. The Hall–Kier alpha value is -2.80. The zero-order valence-electron chi connectivity index (χ0n) is 14.2. The number of aromatic carboxylic acids is 1. The summed E-state index contributed by atoms with van der Waals surface area (Å²) in [5, 5.41) is 14.9. The summed E-state index contributed by atoms with van der Waals surface area (Å²) in [4.78, 5) is 36.8. The van der Waals surface area contributed by atoms with Crippen molar-refractivity contribution in [1.29, 1.82) is 0 Å². The van der Waals surface area contributed by atoms with Crippen LogP contribution < -0.4 is 10.6 Å². The number of rotatable bonds is 7. The first kappa shape index (κ1) is 18.0. The maximum Gasteiger partial charge on any atom is 0.336 e. The highest BCUT2D eigenvalue weighted by molar-refractivity contribution is 7.99. The molecule has 0 saturated carbocycles. The SMILES string of the molecule is CCCCNc1cc(Sc2ccccc2C(=O)O)c2c(c1)C(=O)NC2=O. The van der Waals surface area contributed by atoms with E-state index in [-0.39, 0.29) is 5.56 Å². The Kier molecular flexibility index (Phi) is 5.27. The first-order chi connectivity index (χ1) is 12.5. The third-order valence-corrected chi connectivity index (χ3v) is 5.12. The van der Waals surface area contributed by atoms with Gasteiger partial charge in [-0.1, -0.05) is 37.2 Å². The number of hydrogen-bond acceptors (Lipinski definition) is 5. The highest BCUT2D eigenvalue weighted by Crippen LogP contribution is 2.37. The first-order valence-electron chi connectivity index (χ1n) is 8.29. The quantitative estimate of drug-likeness (QED) is 0.509. The summed E-state index contributed by atoms with van der Waals surface area (Å²) < 4.78 is 0. The van der Waals surface area contributed by atoms with Crippen molar-refractivity contribution in [3.63, 3.8) is 0 Å². The zero-order chi connectivity index (χ0) is 18.7. The molecule has 0 unspecified atom stereocenters. The van der Waals surface area contributed by atoms with Crippen molar-refractivity contribution < 1.29 is 19.5 Å². The van der Waals surface area contributed by atoms with Gasteiger partial charge in [0.25, 0.3) is 11.8 Å². The number of fused-ring (bicyclic) bond motifs is 1. The minimum absolute atomic E-state index is 0.153. The number of unbranched alkanes of at least 4 members (excludes halogenated alkanes) is 1. The van der Waals surface area contributed by atoms with Crippen LogP contribution in [0.3, 0.4) is 0 Å². The summed E-state index contributed by atoms with van der Waals surface area (Å²) in [5.74, 6) is -1.93. The zero-order valence-corrected chi connectivity index (χ0v) is 15.0. The van der Waals surface area contributed by atoms with Crippen LogP contribution in [0.1, 0.15) is 50.8 Å². The van der Waals surface area contributed by atoms with Gasteiger partial charge in [-0.25, -0.2) is 4.79 Å². The number of benzene rings is 2. The molecule has 0 bridgehead atoms. The Balaban J connectivity index is 2.03. The van der Waals surface area contributed by atoms with Crippen LogP contribution in [0.4, 0.5) is 5.69 Å². The van der Waals surface area contributed by atoms with Crippen LogP contribution in [-0.4, -0.2) is 29.4 Å². The molecule has 0 spiro atoms. The van der Waals surface area contributed by atoms with Gasteiger partial charge in [-0.15, -0.1) is 0 Å². The van der Waals surface area contributed by atoms with E-state index in [2.05, 4.69) is 17.6 Å².